The molecular formula is C25H34FN6O6P. The van der Waals surface area contributed by atoms with Crippen molar-refractivity contribution in [1.29, 1.82) is 0 Å². The Kier molecular flexibility index (Phi) is 8.27. The predicted molar refractivity (Wildman–Crippen MR) is 142 cm³/mol. The van der Waals surface area contributed by atoms with E-state index in [9.17, 15) is 9.36 Å². The SMILES string of the molecule is Cc1nc(N)nc2c1ncn2C1OC(CO[P@@](=O)(N[C@@H](C)C(=O)OC(C)C)Oc2ccccc2)[C@@H](C)[C@@]1(C)F. The number of alkyl halides is 1. The number of anilines is 1. The maximum absolute atomic E-state index is 16.1. The summed E-state index contributed by atoms with van der Waals surface area (Å²) < 4.78 is 54.1. The summed E-state index contributed by atoms with van der Waals surface area (Å²) in [6.07, 6.45) is -0.901. The lowest BCUT2D eigenvalue weighted by atomic mass is 9.90. The van der Waals surface area contributed by atoms with Crippen molar-refractivity contribution in [2.75, 3.05) is 12.3 Å². The summed E-state index contributed by atoms with van der Waals surface area (Å²) >= 11 is 0. The number of benzene rings is 1. The summed E-state index contributed by atoms with van der Waals surface area (Å²) in [4.78, 5) is 25.0. The van der Waals surface area contributed by atoms with Crippen LogP contribution in [0.25, 0.3) is 11.2 Å². The van der Waals surface area contributed by atoms with Crippen LogP contribution < -0.4 is 15.3 Å². The van der Waals surface area contributed by atoms with E-state index in [1.807, 2.05) is 0 Å². The Labute approximate surface area is 226 Å². The molecule has 2 unspecified atom stereocenters. The number of halogens is 1. The van der Waals surface area contributed by atoms with Gasteiger partial charge in [-0.2, -0.15) is 10.1 Å². The molecule has 1 saturated heterocycles. The maximum Gasteiger partial charge on any atom is 0.459 e. The number of imidazole rings is 1. The number of esters is 1. The zero-order valence-electron chi connectivity index (χ0n) is 22.7. The summed E-state index contributed by atoms with van der Waals surface area (Å²) in [6, 6.07) is 7.34. The van der Waals surface area contributed by atoms with Gasteiger partial charge in [-0.15, -0.1) is 0 Å². The Morgan fingerprint density at radius 1 is 1.28 bits per heavy atom. The summed E-state index contributed by atoms with van der Waals surface area (Å²) in [5.41, 5.74) is 5.29. The maximum atomic E-state index is 16.1. The van der Waals surface area contributed by atoms with Crippen molar-refractivity contribution < 1.29 is 32.3 Å². The topological polar surface area (TPSA) is 153 Å². The number of rotatable bonds is 10. The highest BCUT2D eigenvalue weighted by Crippen LogP contribution is 2.49. The van der Waals surface area contributed by atoms with Gasteiger partial charge in [-0.1, -0.05) is 25.1 Å². The summed E-state index contributed by atoms with van der Waals surface area (Å²) in [6.45, 7) is 9.40. The third-order valence-electron chi connectivity index (χ3n) is 6.53. The number of ether oxygens (including phenoxy) is 2. The highest BCUT2D eigenvalue weighted by atomic mass is 31.2. The van der Waals surface area contributed by atoms with Crippen molar-refractivity contribution in [3.8, 4) is 5.75 Å². The summed E-state index contributed by atoms with van der Waals surface area (Å²) in [5, 5.41) is 2.62. The second-order valence-electron chi connectivity index (χ2n) is 9.99. The molecule has 1 aromatic carbocycles. The number of para-hydroxylation sites is 1. The van der Waals surface area contributed by atoms with Gasteiger partial charge in [0.25, 0.3) is 0 Å². The number of carbonyl (C=O) groups excluding carboxylic acids is 1. The number of hydrogen-bond donors (Lipinski definition) is 2. The Balaban J connectivity index is 1.55. The largest absolute Gasteiger partial charge is 0.462 e. The lowest BCUT2D eigenvalue weighted by Crippen LogP contribution is -2.37. The smallest absolute Gasteiger partial charge is 0.459 e. The van der Waals surface area contributed by atoms with Gasteiger partial charge in [0.05, 0.1) is 30.8 Å². The Bertz CT molecular complexity index is 1370. The molecule has 3 aromatic rings. The Morgan fingerprint density at radius 3 is 2.64 bits per heavy atom. The fourth-order valence-corrected chi connectivity index (χ4v) is 5.78. The fraction of sp³-hybridized carbons (Fsp3) is 0.520. The van der Waals surface area contributed by atoms with Gasteiger partial charge in [-0.3, -0.25) is 13.9 Å². The number of fused-ring (bicyclic) bond motifs is 1. The molecule has 1 aliphatic heterocycles. The first-order chi connectivity index (χ1) is 18.3. The first-order valence-electron chi connectivity index (χ1n) is 12.6. The average molecular weight is 565 g/mol. The third kappa shape index (κ3) is 6.22. The zero-order valence-corrected chi connectivity index (χ0v) is 23.6. The number of hydrogen-bond acceptors (Lipinski definition) is 10. The quantitative estimate of drug-likeness (QED) is 0.270. The van der Waals surface area contributed by atoms with Crippen molar-refractivity contribution in [2.24, 2.45) is 5.92 Å². The first kappa shape index (κ1) is 28.9. The average Bonchev–Trinajstić information content (AvgIpc) is 3.36. The molecule has 0 saturated carbocycles. The van der Waals surface area contributed by atoms with Crippen LogP contribution in [-0.2, 0) is 23.4 Å². The Morgan fingerprint density at radius 2 is 1.97 bits per heavy atom. The standard InChI is InChI=1S/C25H34FN6O6P/c1-14(2)36-22(33)17(5)31-39(34,38-18-10-8-7-9-11-18)35-12-19-15(3)25(6,26)23(37-19)32-13-28-20-16(4)29-24(27)30-21(20)32/h7-11,13-15,17,19,23H,12H2,1-6H3,(H,31,34)(H2,27,29,30)/t15-,17+,19?,23?,25-,39+/m1/s1. The molecule has 212 valence electrons. The van der Waals surface area contributed by atoms with Crippen LogP contribution in [0.5, 0.6) is 5.75 Å². The van der Waals surface area contributed by atoms with Crippen LogP contribution in [-0.4, -0.2) is 56.0 Å². The van der Waals surface area contributed by atoms with Gasteiger partial charge in [0.15, 0.2) is 17.5 Å². The monoisotopic (exact) mass is 564 g/mol. The van der Waals surface area contributed by atoms with Crippen LogP contribution in [0.2, 0.25) is 0 Å². The van der Waals surface area contributed by atoms with Crippen LogP contribution in [0, 0.1) is 12.8 Å². The number of carbonyl (C=O) groups is 1. The first-order valence-corrected chi connectivity index (χ1v) is 14.1. The predicted octanol–water partition coefficient (Wildman–Crippen LogP) is 4.11. The van der Waals surface area contributed by atoms with Crippen LogP contribution in [0.15, 0.2) is 36.7 Å². The van der Waals surface area contributed by atoms with Gasteiger partial charge < -0.3 is 19.7 Å². The van der Waals surface area contributed by atoms with Gasteiger partial charge in [-0.05, 0) is 46.8 Å². The number of aromatic nitrogens is 4. The van der Waals surface area contributed by atoms with E-state index in [0.717, 1.165) is 0 Å². The number of nitrogens with one attached hydrogen (secondary N) is 1. The van der Waals surface area contributed by atoms with Crippen molar-refractivity contribution in [3.63, 3.8) is 0 Å². The van der Waals surface area contributed by atoms with Gasteiger partial charge >= 0.3 is 13.7 Å². The molecule has 1 fully saturated rings. The zero-order chi connectivity index (χ0) is 28.5. The van der Waals surface area contributed by atoms with Gasteiger partial charge in [0.1, 0.15) is 17.3 Å². The van der Waals surface area contributed by atoms with E-state index in [0.29, 0.717) is 16.9 Å². The minimum absolute atomic E-state index is 0.0310. The van der Waals surface area contributed by atoms with E-state index in [4.69, 9.17) is 24.3 Å². The number of nitrogen functional groups attached to an aromatic ring is 1. The van der Waals surface area contributed by atoms with Crippen LogP contribution >= 0.6 is 7.75 Å². The van der Waals surface area contributed by atoms with Crippen molar-refractivity contribution in [2.45, 2.75) is 71.7 Å². The van der Waals surface area contributed by atoms with Crippen molar-refractivity contribution in [1.82, 2.24) is 24.6 Å². The van der Waals surface area contributed by atoms with E-state index in [-0.39, 0.29) is 24.4 Å². The molecular weight excluding hydrogens is 530 g/mol. The molecule has 6 atom stereocenters. The van der Waals surface area contributed by atoms with Crippen LogP contribution in [0.1, 0.15) is 46.5 Å². The molecule has 0 amide bonds. The van der Waals surface area contributed by atoms with Gasteiger partial charge in [0.2, 0.25) is 5.95 Å². The minimum atomic E-state index is -4.16. The highest BCUT2D eigenvalue weighted by Gasteiger charge is 2.54. The summed E-state index contributed by atoms with van der Waals surface area (Å²) in [5.74, 6) is -1.04. The molecule has 4 rings (SSSR count). The number of nitrogens with zero attached hydrogens (tertiary/aromatic N) is 4. The molecule has 0 spiro atoms. The van der Waals surface area contributed by atoms with Crippen LogP contribution in [0.4, 0.5) is 10.3 Å². The van der Waals surface area contributed by atoms with E-state index in [1.165, 1.54) is 24.7 Å². The van der Waals surface area contributed by atoms with Crippen LogP contribution in [0.3, 0.4) is 0 Å². The molecule has 0 aliphatic carbocycles. The molecule has 0 bridgehead atoms. The molecule has 12 nitrogen and oxygen atoms in total. The second kappa shape index (κ2) is 11.2. The van der Waals surface area contributed by atoms with Crippen molar-refractivity contribution in [3.05, 3.63) is 42.4 Å². The lowest BCUT2D eigenvalue weighted by Gasteiger charge is -2.26. The normalized spacial score (nSPS) is 25.5. The van der Waals surface area contributed by atoms with E-state index in [2.05, 4.69) is 20.0 Å². The summed E-state index contributed by atoms with van der Waals surface area (Å²) in [7, 11) is -4.16. The molecule has 3 heterocycles. The molecule has 1 aliphatic rings. The van der Waals surface area contributed by atoms with E-state index >= 15 is 4.39 Å². The molecule has 39 heavy (non-hydrogen) atoms. The molecule has 0 radical (unpaired) electrons. The van der Waals surface area contributed by atoms with Gasteiger partial charge in [0, 0.05) is 5.92 Å². The minimum Gasteiger partial charge on any atom is -0.462 e. The number of nitrogens with two attached hydrogens (primary N) is 1. The van der Waals surface area contributed by atoms with E-state index < -0.39 is 43.7 Å². The second-order valence-corrected chi connectivity index (χ2v) is 11.7. The molecule has 2 aromatic heterocycles. The highest BCUT2D eigenvalue weighted by molar-refractivity contribution is 7.52. The Hall–Kier alpha value is -3.12. The lowest BCUT2D eigenvalue weighted by molar-refractivity contribution is -0.149. The van der Waals surface area contributed by atoms with Gasteiger partial charge in [-0.25, -0.2) is 18.9 Å². The van der Waals surface area contributed by atoms with E-state index in [1.54, 1.807) is 58.0 Å². The molecule has 3 N–H and O–H groups in total. The van der Waals surface area contributed by atoms with Crippen molar-refractivity contribution >= 4 is 30.8 Å². The number of aryl methyl sites for hydroxylation is 1. The third-order valence-corrected chi connectivity index (χ3v) is 8.18. The fourth-order valence-electron chi connectivity index (χ4n) is 4.28. The molecule has 14 heteroatoms.